The van der Waals surface area contributed by atoms with Crippen LogP contribution in [-0.4, -0.2) is 52.7 Å². The molecule has 5 heterocycles. The highest BCUT2D eigenvalue weighted by Crippen LogP contribution is 2.44. The van der Waals surface area contributed by atoms with Gasteiger partial charge in [0.25, 0.3) is 16.6 Å². The molecule has 2 saturated heterocycles. The first kappa shape index (κ1) is 22.1. The van der Waals surface area contributed by atoms with Gasteiger partial charge in [-0.05, 0) is 54.5 Å². The number of aryl methyl sites for hydroxylation is 1. The molecule has 3 aliphatic heterocycles. The lowest BCUT2D eigenvalue weighted by molar-refractivity contribution is -0.653. The van der Waals surface area contributed by atoms with Crippen LogP contribution in [0.3, 0.4) is 0 Å². The quantitative estimate of drug-likeness (QED) is 0.464. The molecule has 12 heteroatoms. The number of carbonyl (C=O) groups is 1. The molecule has 172 valence electrons. The van der Waals surface area contributed by atoms with E-state index in [1.54, 1.807) is 4.90 Å². The molecule has 3 aliphatic rings. The van der Waals surface area contributed by atoms with Crippen LogP contribution in [0.15, 0.2) is 43.2 Å². The highest BCUT2D eigenvalue weighted by molar-refractivity contribution is 8.20. The number of thiazole rings is 1. The number of nitrogens with zero attached hydrogens (tertiary/aromatic N) is 6. The summed E-state index contributed by atoms with van der Waals surface area (Å²) in [5.74, 6) is 0.685. The second kappa shape index (κ2) is 8.92. The number of rotatable bonds is 3. The number of hydrogen-bond acceptors (Lipinski definition) is 10. The van der Waals surface area contributed by atoms with Gasteiger partial charge in [0.05, 0.1) is 7.05 Å². The first-order valence-electron chi connectivity index (χ1n) is 10.4. The lowest BCUT2D eigenvalue weighted by atomic mass is 10.4. The van der Waals surface area contributed by atoms with Gasteiger partial charge in [0.15, 0.2) is 18.0 Å². The Labute approximate surface area is 203 Å². The Morgan fingerprint density at radius 2 is 2.12 bits per heavy atom. The maximum absolute atomic E-state index is 13.4. The van der Waals surface area contributed by atoms with Crippen molar-refractivity contribution >= 4 is 68.1 Å². The van der Waals surface area contributed by atoms with Crippen LogP contribution in [0.2, 0.25) is 0 Å². The Morgan fingerprint density at radius 1 is 1.27 bits per heavy atom. The monoisotopic (exact) mass is 503 g/mol. The third kappa shape index (κ3) is 3.96. The Bertz CT molecular complexity index is 1320. The van der Waals surface area contributed by atoms with E-state index in [0.29, 0.717) is 45.9 Å². The summed E-state index contributed by atoms with van der Waals surface area (Å²) in [4.78, 5) is 29.1. The number of anilines is 1. The van der Waals surface area contributed by atoms with E-state index in [1.165, 1.54) is 34.9 Å². The van der Waals surface area contributed by atoms with Crippen molar-refractivity contribution in [2.45, 2.75) is 13.8 Å². The van der Waals surface area contributed by atoms with E-state index in [9.17, 15) is 4.79 Å². The van der Waals surface area contributed by atoms with Gasteiger partial charge in [-0.1, -0.05) is 11.3 Å². The van der Waals surface area contributed by atoms with Crippen molar-refractivity contribution in [2.24, 2.45) is 12.0 Å². The van der Waals surface area contributed by atoms with Crippen LogP contribution in [0, 0.1) is 0 Å². The van der Waals surface area contributed by atoms with Gasteiger partial charge in [0, 0.05) is 31.7 Å². The predicted molar refractivity (Wildman–Crippen MR) is 132 cm³/mol. The molecule has 5 rings (SSSR count). The highest BCUT2D eigenvalue weighted by atomic mass is 32.2. The van der Waals surface area contributed by atoms with Gasteiger partial charge in [-0.25, -0.2) is 4.57 Å². The molecule has 0 unspecified atom stereocenters. The summed E-state index contributed by atoms with van der Waals surface area (Å²) in [5.41, 5.74) is 1.09. The number of aliphatic imine (C=N–C) groups is 1. The summed E-state index contributed by atoms with van der Waals surface area (Å²) >= 11 is 4.31. The molecule has 2 aromatic rings. The number of oxazole rings is 1. The minimum Gasteiger partial charge on any atom is -0.461 e. The summed E-state index contributed by atoms with van der Waals surface area (Å²) in [5, 5.41) is 4.88. The number of thioether (sulfide) groups is 2. The lowest BCUT2D eigenvalue weighted by Gasteiger charge is -2.31. The van der Waals surface area contributed by atoms with Crippen molar-refractivity contribution in [3.05, 3.63) is 44.7 Å². The minimum atomic E-state index is -0.0494. The van der Waals surface area contributed by atoms with E-state index < -0.39 is 0 Å². The number of aromatic nitrogens is 2. The normalized spacial score (nSPS) is 23.3. The molecule has 0 N–H and O–H groups in total. The maximum atomic E-state index is 13.4. The van der Waals surface area contributed by atoms with E-state index in [1.807, 2.05) is 72.2 Å². The highest BCUT2D eigenvalue weighted by Gasteiger charge is 2.41. The number of ether oxygens (including phenoxy) is 1. The Balaban J connectivity index is 1.56. The van der Waals surface area contributed by atoms with E-state index in [4.69, 9.17) is 14.1 Å². The van der Waals surface area contributed by atoms with E-state index in [0.717, 1.165) is 16.0 Å². The maximum Gasteiger partial charge on any atom is 0.384 e. The number of likely N-dealkylation sites (N-methyl/N-ethyl adjacent to an activating group) is 1. The summed E-state index contributed by atoms with van der Waals surface area (Å²) in [6.45, 7) is 5.56. The molecule has 1 amide bonds. The molecular formula is C21H23N6O3S3+. The standard InChI is InChI=1S/C21H23N6O3S3/c1-5-26-12-29-19(16-22-15-13(30-16)8-7-9-24(15)3)33-18(26)14-17(28)27(6-2)21(32-14)23-20-25(4)10-11-31-20/h7-11H,5-6,12H2,1-4H3/q+1/b18-14-,19-16-. The lowest BCUT2D eigenvalue weighted by Crippen LogP contribution is -2.33. The van der Waals surface area contributed by atoms with Gasteiger partial charge in [0.1, 0.15) is 16.1 Å². The number of amides is 1. The van der Waals surface area contributed by atoms with Crippen LogP contribution in [-0.2, 0) is 16.6 Å². The number of allylic oxidation sites excluding steroid dienone is 1. The molecule has 0 aliphatic carbocycles. The first-order chi connectivity index (χ1) is 16.0. The second-order valence-corrected chi connectivity index (χ2v) is 10.1. The zero-order valence-electron chi connectivity index (χ0n) is 18.6. The van der Waals surface area contributed by atoms with E-state index >= 15 is 0 Å². The first-order valence-corrected chi connectivity index (χ1v) is 12.9. The fraction of sp³-hybridized carbons (Fsp3) is 0.333. The summed E-state index contributed by atoms with van der Waals surface area (Å²) in [6, 6.07) is 0. The van der Waals surface area contributed by atoms with E-state index in [2.05, 4.69) is 4.98 Å². The van der Waals surface area contributed by atoms with Gasteiger partial charge >= 0.3 is 5.13 Å². The van der Waals surface area contributed by atoms with Gasteiger partial charge in [-0.3, -0.25) is 9.69 Å². The molecule has 33 heavy (non-hydrogen) atoms. The third-order valence-electron chi connectivity index (χ3n) is 5.24. The van der Waals surface area contributed by atoms with Crippen molar-refractivity contribution in [1.82, 2.24) is 14.8 Å². The van der Waals surface area contributed by atoms with Crippen LogP contribution in [0.4, 0.5) is 10.9 Å². The molecule has 0 atom stereocenters. The summed E-state index contributed by atoms with van der Waals surface area (Å²) in [7, 11) is 3.86. The van der Waals surface area contributed by atoms with E-state index in [-0.39, 0.29) is 5.91 Å². The predicted octanol–water partition coefficient (Wildman–Crippen LogP) is 1.87. The zero-order chi connectivity index (χ0) is 23.1. The summed E-state index contributed by atoms with van der Waals surface area (Å²) < 4.78 is 13.9. The van der Waals surface area contributed by atoms with Crippen molar-refractivity contribution in [3.63, 3.8) is 0 Å². The zero-order valence-corrected chi connectivity index (χ0v) is 21.1. The number of fused-ring (bicyclic) bond motifs is 1. The number of hydrogen-bond donors (Lipinski definition) is 0. The second-order valence-electron chi connectivity index (χ2n) is 7.32. The van der Waals surface area contributed by atoms with Crippen LogP contribution < -0.4 is 20.4 Å². The smallest absolute Gasteiger partial charge is 0.384 e. The molecule has 0 radical (unpaired) electrons. The molecular weight excluding hydrogens is 480 g/mol. The third-order valence-corrected chi connectivity index (χ3v) is 8.41. The van der Waals surface area contributed by atoms with Crippen molar-refractivity contribution < 1.29 is 18.5 Å². The molecule has 2 aromatic heterocycles. The van der Waals surface area contributed by atoms with Crippen LogP contribution in [0.25, 0.3) is 11.2 Å². The van der Waals surface area contributed by atoms with Gasteiger partial charge in [-0.2, -0.15) is 4.98 Å². The molecule has 0 spiro atoms. The van der Waals surface area contributed by atoms with Gasteiger partial charge < -0.3 is 19.0 Å². The van der Waals surface area contributed by atoms with Crippen molar-refractivity contribution in [1.29, 1.82) is 0 Å². The minimum absolute atomic E-state index is 0.0494. The van der Waals surface area contributed by atoms with Crippen molar-refractivity contribution in [2.75, 3.05) is 31.8 Å². The van der Waals surface area contributed by atoms with Crippen LogP contribution >= 0.6 is 34.9 Å². The molecule has 0 saturated carbocycles. The largest absolute Gasteiger partial charge is 0.461 e. The summed E-state index contributed by atoms with van der Waals surface area (Å²) in [6.07, 6.45) is 7.66. The number of carbonyl (C=O) groups excluding carboxylic acids is 1. The molecule has 0 bridgehead atoms. The fourth-order valence-electron chi connectivity index (χ4n) is 3.42. The topological polar surface area (TPSA) is 78.3 Å². The molecule has 9 nitrogen and oxygen atoms in total. The van der Waals surface area contributed by atoms with Crippen LogP contribution in [0.1, 0.15) is 13.8 Å². The van der Waals surface area contributed by atoms with Gasteiger partial charge in [0.2, 0.25) is 5.09 Å². The average Bonchev–Trinajstić information content (AvgIpc) is 3.51. The molecule has 0 aromatic carbocycles. The molecule has 2 fully saturated rings. The Kier molecular flexibility index (Phi) is 5.97. The van der Waals surface area contributed by atoms with Crippen molar-refractivity contribution in [3.8, 4) is 0 Å². The fourth-order valence-corrected chi connectivity index (χ4v) is 6.47. The van der Waals surface area contributed by atoms with Gasteiger partial charge in [-0.15, -0.1) is 0 Å². The average molecular weight is 504 g/mol. The van der Waals surface area contributed by atoms with Crippen LogP contribution in [0.5, 0.6) is 0 Å². The Hall–Kier alpha value is -2.70. The SMILES string of the molecule is CCN1CO/C(=c2\nc3c(o2)=CC=CN3C)S/C1=C1\S/C(=N\c2scc[n+]2C)N(CC)C1=O. The number of amidine groups is 1. The Morgan fingerprint density at radius 3 is 2.82 bits per heavy atom.